The number of benzene rings is 1. The number of para-hydroxylation sites is 1. The van der Waals surface area contributed by atoms with Crippen LogP contribution in [0.3, 0.4) is 0 Å². The molecule has 0 N–H and O–H groups in total. The van der Waals surface area contributed by atoms with Crippen LogP contribution in [0.2, 0.25) is 0 Å². The van der Waals surface area contributed by atoms with Crippen LogP contribution >= 0.6 is 0 Å². The first-order chi connectivity index (χ1) is 5.90. The normalized spacial score (nSPS) is 10.4. The number of hydrogen-bond donors (Lipinski definition) is 0. The van der Waals surface area contributed by atoms with Gasteiger partial charge < -0.3 is 0 Å². The first-order valence-corrected chi connectivity index (χ1v) is 3.68. The number of pyridine rings is 1. The zero-order valence-electron chi connectivity index (χ0n) is 6.37. The molecule has 1 aromatic heterocycles. The van der Waals surface area contributed by atoms with E-state index in [4.69, 9.17) is 0 Å². The van der Waals surface area contributed by atoms with Crippen molar-refractivity contribution in [3.63, 3.8) is 0 Å². The van der Waals surface area contributed by atoms with Crippen molar-refractivity contribution in [1.29, 1.82) is 0 Å². The summed E-state index contributed by atoms with van der Waals surface area (Å²) >= 11 is 0. The van der Waals surface area contributed by atoms with Crippen molar-refractivity contribution in [2.24, 2.45) is 0 Å². The summed E-state index contributed by atoms with van der Waals surface area (Å²) < 4.78 is 12.1. The van der Waals surface area contributed by atoms with Gasteiger partial charge in [-0.25, -0.2) is 4.39 Å². The van der Waals surface area contributed by atoms with Crippen molar-refractivity contribution < 1.29 is 4.39 Å². The number of halogens is 1. The third-order valence-corrected chi connectivity index (χ3v) is 1.74. The molecule has 0 aliphatic carbocycles. The average molecular weight is 160 g/mol. The van der Waals surface area contributed by atoms with Crippen LogP contribution in [0.25, 0.3) is 10.9 Å². The van der Waals surface area contributed by atoms with Crippen molar-refractivity contribution >= 4 is 10.9 Å². The number of aromatic nitrogens is 1. The molecule has 1 radical (unpaired) electrons. The van der Waals surface area contributed by atoms with Crippen molar-refractivity contribution in [3.8, 4) is 0 Å². The third-order valence-electron chi connectivity index (χ3n) is 1.74. The van der Waals surface area contributed by atoms with Gasteiger partial charge >= 0.3 is 0 Å². The molecule has 0 aliphatic rings. The Morgan fingerprint density at radius 1 is 1.25 bits per heavy atom. The topological polar surface area (TPSA) is 12.9 Å². The second kappa shape index (κ2) is 2.89. The smallest absolute Gasteiger partial charge is 0.162 e. The molecule has 2 heteroatoms. The summed E-state index contributed by atoms with van der Waals surface area (Å²) in [5.41, 5.74) is 1.40. The third kappa shape index (κ3) is 1.16. The Balaban J connectivity index is 2.67. The van der Waals surface area contributed by atoms with Gasteiger partial charge in [0.1, 0.15) is 0 Å². The molecule has 2 aromatic rings. The largest absolute Gasteiger partial charge is 0.256 e. The summed E-state index contributed by atoms with van der Waals surface area (Å²) in [6.45, 7) is 0.555. The average Bonchev–Trinajstić information content (AvgIpc) is 2.17. The maximum atomic E-state index is 12.1. The summed E-state index contributed by atoms with van der Waals surface area (Å²) in [5, 5.41) is 0.962. The molecule has 2 rings (SSSR count). The molecule has 0 fully saturated rings. The number of hydrogen-bond acceptors (Lipinski definition) is 1. The lowest BCUT2D eigenvalue weighted by molar-refractivity contribution is 0.645. The van der Waals surface area contributed by atoms with Gasteiger partial charge in [-0.2, -0.15) is 0 Å². The van der Waals surface area contributed by atoms with Crippen molar-refractivity contribution in [2.45, 2.75) is 0 Å². The van der Waals surface area contributed by atoms with Crippen LogP contribution in [-0.2, 0) is 0 Å². The molecule has 0 unspecified atom stereocenters. The first-order valence-electron chi connectivity index (χ1n) is 3.68. The van der Waals surface area contributed by atoms with Crippen molar-refractivity contribution in [1.82, 2.24) is 4.98 Å². The molecule has 59 valence electrons. The van der Waals surface area contributed by atoms with Gasteiger partial charge in [-0.15, -0.1) is 0 Å². The summed E-state index contributed by atoms with van der Waals surface area (Å²) in [6, 6.07) is 9.40. The first kappa shape index (κ1) is 7.22. The van der Waals surface area contributed by atoms with Gasteiger partial charge in [-0.05, 0) is 12.1 Å². The maximum Gasteiger partial charge on any atom is 0.162 e. The van der Waals surface area contributed by atoms with Gasteiger partial charge in [0.15, 0.2) is 6.67 Å². The molecule has 1 aromatic carbocycles. The number of nitrogens with zero attached hydrogens (tertiary/aromatic N) is 1. The Labute approximate surface area is 69.9 Å². The van der Waals surface area contributed by atoms with Gasteiger partial charge in [0, 0.05) is 17.1 Å². The standard InChI is InChI=1S/C10H7FN/c11-6-8-5-9-3-1-2-4-10(9)12-7-8/h1-7H. The van der Waals surface area contributed by atoms with E-state index in [0.717, 1.165) is 10.9 Å². The Morgan fingerprint density at radius 2 is 2.08 bits per heavy atom. The van der Waals surface area contributed by atoms with E-state index >= 15 is 0 Å². The Bertz CT molecular complexity index is 398. The zero-order valence-corrected chi connectivity index (χ0v) is 6.37. The summed E-state index contributed by atoms with van der Waals surface area (Å²) in [6.07, 6.45) is 1.52. The molecular formula is C10H7FN. The lowest BCUT2D eigenvalue weighted by Gasteiger charge is -1.97. The maximum absolute atomic E-state index is 12.1. The molecule has 12 heavy (non-hydrogen) atoms. The van der Waals surface area contributed by atoms with Gasteiger partial charge in [-0.3, -0.25) is 4.98 Å². The molecule has 0 atom stereocenters. The molecular weight excluding hydrogens is 153 g/mol. The summed E-state index contributed by atoms with van der Waals surface area (Å²) in [4.78, 5) is 4.08. The van der Waals surface area contributed by atoms with E-state index in [1.807, 2.05) is 24.3 Å². The molecule has 0 saturated heterocycles. The highest BCUT2D eigenvalue weighted by Crippen LogP contribution is 2.13. The highest BCUT2D eigenvalue weighted by atomic mass is 19.1. The SMILES string of the molecule is F[CH]c1cnc2ccccc2c1. The predicted octanol–water partition coefficient (Wildman–Crippen LogP) is 2.71. The molecule has 0 bridgehead atoms. The number of rotatable bonds is 1. The Hall–Kier alpha value is -1.44. The van der Waals surface area contributed by atoms with Crippen LogP contribution in [0.4, 0.5) is 4.39 Å². The minimum absolute atomic E-state index is 0.508. The van der Waals surface area contributed by atoms with Gasteiger partial charge in [-0.1, -0.05) is 18.2 Å². The van der Waals surface area contributed by atoms with Crippen molar-refractivity contribution in [2.75, 3.05) is 0 Å². The van der Waals surface area contributed by atoms with Gasteiger partial charge in [0.25, 0.3) is 0 Å². The lowest BCUT2D eigenvalue weighted by atomic mass is 10.2. The van der Waals surface area contributed by atoms with Crippen LogP contribution in [0.15, 0.2) is 36.5 Å². The fourth-order valence-electron chi connectivity index (χ4n) is 1.15. The van der Waals surface area contributed by atoms with Crippen LogP contribution in [0, 0.1) is 6.67 Å². The van der Waals surface area contributed by atoms with E-state index in [1.165, 1.54) is 6.20 Å². The molecule has 0 aliphatic heterocycles. The van der Waals surface area contributed by atoms with E-state index in [2.05, 4.69) is 4.98 Å². The monoisotopic (exact) mass is 160 g/mol. The second-order valence-corrected chi connectivity index (χ2v) is 2.57. The minimum Gasteiger partial charge on any atom is -0.256 e. The molecule has 1 heterocycles. The predicted molar refractivity (Wildman–Crippen MR) is 46.3 cm³/mol. The number of fused-ring (bicyclic) bond motifs is 1. The lowest BCUT2D eigenvalue weighted by Crippen LogP contribution is -1.81. The molecule has 0 spiro atoms. The Kier molecular flexibility index (Phi) is 1.74. The van der Waals surface area contributed by atoms with Crippen LogP contribution in [0.5, 0.6) is 0 Å². The van der Waals surface area contributed by atoms with Gasteiger partial charge in [0.05, 0.1) is 5.52 Å². The summed E-state index contributed by atoms with van der Waals surface area (Å²) in [5.74, 6) is 0. The fraction of sp³-hybridized carbons (Fsp3) is 0. The fourth-order valence-corrected chi connectivity index (χ4v) is 1.15. The zero-order chi connectivity index (χ0) is 8.39. The second-order valence-electron chi connectivity index (χ2n) is 2.57. The van der Waals surface area contributed by atoms with Gasteiger partial charge in [0.2, 0.25) is 0 Å². The highest BCUT2D eigenvalue weighted by Gasteiger charge is 1.95. The van der Waals surface area contributed by atoms with E-state index < -0.39 is 0 Å². The van der Waals surface area contributed by atoms with E-state index in [-0.39, 0.29) is 0 Å². The van der Waals surface area contributed by atoms with Crippen LogP contribution in [-0.4, -0.2) is 4.98 Å². The van der Waals surface area contributed by atoms with Crippen molar-refractivity contribution in [3.05, 3.63) is 48.8 Å². The van der Waals surface area contributed by atoms with E-state index in [1.54, 1.807) is 6.07 Å². The van der Waals surface area contributed by atoms with Crippen LogP contribution < -0.4 is 0 Å². The highest BCUT2D eigenvalue weighted by molar-refractivity contribution is 5.78. The minimum atomic E-state index is 0.508. The summed E-state index contributed by atoms with van der Waals surface area (Å²) in [7, 11) is 0. The van der Waals surface area contributed by atoms with E-state index in [9.17, 15) is 4.39 Å². The van der Waals surface area contributed by atoms with E-state index in [0.29, 0.717) is 12.2 Å². The molecule has 1 nitrogen and oxygen atoms in total. The molecule has 0 amide bonds. The Morgan fingerprint density at radius 3 is 2.92 bits per heavy atom. The quantitative estimate of drug-likeness (QED) is 0.625. The molecule has 0 saturated carbocycles. The van der Waals surface area contributed by atoms with Crippen LogP contribution in [0.1, 0.15) is 5.56 Å².